The standard InChI is InChI=1S/C18H16F3NO6/c1-25-13-7-8-15(26-2)14(9-13)17(24)27-10-16(23)22-11-3-5-12(6-4-11)28-18(19,20)21/h3-9H,10H2,1-2H3,(H,22,23). The Morgan fingerprint density at radius 3 is 2.18 bits per heavy atom. The molecule has 0 radical (unpaired) electrons. The number of halogens is 3. The lowest BCUT2D eigenvalue weighted by molar-refractivity contribution is -0.274. The number of carbonyl (C=O) groups excluding carboxylic acids is 2. The van der Waals surface area contributed by atoms with Crippen LogP contribution in [-0.2, 0) is 9.53 Å². The van der Waals surface area contributed by atoms with Gasteiger partial charge in [-0.15, -0.1) is 13.2 Å². The number of hydrogen-bond acceptors (Lipinski definition) is 6. The van der Waals surface area contributed by atoms with Gasteiger partial charge in [0.2, 0.25) is 0 Å². The van der Waals surface area contributed by atoms with Gasteiger partial charge in [0.25, 0.3) is 5.91 Å². The Balaban J connectivity index is 1.93. The molecule has 0 unspecified atom stereocenters. The molecule has 0 atom stereocenters. The van der Waals surface area contributed by atoms with Gasteiger partial charge in [0.05, 0.1) is 14.2 Å². The number of nitrogens with one attached hydrogen (secondary N) is 1. The smallest absolute Gasteiger partial charge is 0.497 e. The monoisotopic (exact) mass is 399 g/mol. The molecule has 2 aromatic carbocycles. The van der Waals surface area contributed by atoms with E-state index in [1.54, 1.807) is 6.07 Å². The van der Waals surface area contributed by atoms with Crippen molar-refractivity contribution in [2.45, 2.75) is 6.36 Å². The average molecular weight is 399 g/mol. The van der Waals surface area contributed by atoms with Crippen LogP contribution >= 0.6 is 0 Å². The predicted octanol–water partition coefficient (Wildman–Crippen LogP) is 3.40. The molecule has 0 fully saturated rings. The maximum absolute atomic E-state index is 12.2. The van der Waals surface area contributed by atoms with Crippen molar-refractivity contribution in [2.24, 2.45) is 0 Å². The van der Waals surface area contributed by atoms with E-state index >= 15 is 0 Å². The predicted molar refractivity (Wildman–Crippen MR) is 91.6 cm³/mol. The molecule has 1 amide bonds. The summed E-state index contributed by atoms with van der Waals surface area (Å²) >= 11 is 0. The molecule has 0 saturated heterocycles. The molecule has 2 rings (SSSR count). The number of benzene rings is 2. The van der Waals surface area contributed by atoms with Crippen LogP contribution in [0.25, 0.3) is 0 Å². The van der Waals surface area contributed by atoms with E-state index in [2.05, 4.69) is 10.1 Å². The lowest BCUT2D eigenvalue weighted by atomic mass is 10.2. The summed E-state index contributed by atoms with van der Waals surface area (Å²) in [5.74, 6) is -1.27. The van der Waals surface area contributed by atoms with Crippen molar-refractivity contribution in [1.82, 2.24) is 0 Å². The summed E-state index contributed by atoms with van der Waals surface area (Å²) < 4.78 is 55.1. The maximum Gasteiger partial charge on any atom is 0.573 e. The minimum absolute atomic E-state index is 0.0725. The van der Waals surface area contributed by atoms with Crippen LogP contribution in [0.15, 0.2) is 42.5 Å². The van der Waals surface area contributed by atoms with Gasteiger partial charge in [0.1, 0.15) is 22.8 Å². The van der Waals surface area contributed by atoms with E-state index in [-0.39, 0.29) is 17.0 Å². The quantitative estimate of drug-likeness (QED) is 0.719. The number of esters is 1. The Labute approximate surface area is 158 Å². The van der Waals surface area contributed by atoms with Crippen LogP contribution in [0, 0.1) is 0 Å². The van der Waals surface area contributed by atoms with E-state index in [0.29, 0.717) is 5.75 Å². The molecule has 150 valence electrons. The Kier molecular flexibility index (Phi) is 6.69. The maximum atomic E-state index is 12.2. The molecule has 0 aliphatic heterocycles. The van der Waals surface area contributed by atoms with Crippen molar-refractivity contribution in [3.8, 4) is 17.2 Å². The van der Waals surface area contributed by atoms with Gasteiger partial charge in [0, 0.05) is 5.69 Å². The number of amides is 1. The first kappa shape index (κ1) is 20.9. The Morgan fingerprint density at radius 1 is 0.964 bits per heavy atom. The van der Waals surface area contributed by atoms with Crippen molar-refractivity contribution < 1.29 is 41.7 Å². The first-order chi connectivity index (χ1) is 13.2. The van der Waals surface area contributed by atoms with Gasteiger partial charge < -0.3 is 24.3 Å². The van der Waals surface area contributed by atoms with Crippen molar-refractivity contribution in [1.29, 1.82) is 0 Å². The fourth-order valence-corrected chi connectivity index (χ4v) is 2.12. The van der Waals surface area contributed by atoms with Crippen molar-refractivity contribution in [3.05, 3.63) is 48.0 Å². The largest absolute Gasteiger partial charge is 0.573 e. The average Bonchev–Trinajstić information content (AvgIpc) is 2.66. The Bertz CT molecular complexity index is 836. The second-order valence-corrected chi connectivity index (χ2v) is 5.26. The minimum Gasteiger partial charge on any atom is -0.497 e. The molecule has 0 bridgehead atoms. The molecule has 1 N–H and O–H groups in total. The summed E-state index contributed by atoms with van der Waals surface area (Å²) in [6.45, 7) is -0.611. The summed E-state index contributed by atoms with van der Waals surface area (Å²) in [7, 11) is 2.80. The molecule has 7 nitrogen and oxygen atoms in total. The van der Waals surface area contributed by atoms with E-state index < -0.39 is 30.6 Å². The highest BCUT2D eigenvalue weighted by molar-refractivity contribution is 5.97. The zero-order valence-corrected chi connectivity index (χ0v) is 14.8. The third-order valence-corrected chi connectivity index (χ3v) is 3.33. The van der Waals surface area contributed by atoms with Gasteiger partial charge in [-0.2, -0.15) is 0 Å². The Hall–Kier alpha value is -3.43. The number of carbonyl (C=O) groups is 2. The van der Waals surface area contributed by atoms with Crippen LogP contribution in [0.4, 0.5) is 18.9 Å². The molecule has 0 aliphatic rings. The van der Waals surface area contributed by atoms with E-state index in [1.165, 1.54) is 38.5 Å². The van der Waals surface area contributed by atoms with E-state index in [1.807, 2.05) is 0 Å². The number of alkyl halides is 3. The lowest BCUT2D eigenvalue weighted by Gasteiger charge is -2.11. The topological polar surface area (TPSA) is 83.1 Å². The van der Waals surface area contributed by atoms with Crippen LogP contribution < -0.4 is 19.5 Å². The highest BCUT2D eigenvalue weighted by Gasteiger charge is 2.31. The van der Waals surface area contributed by atoms with Crippen LogP contribution in [0.2, 0.25) is 0 Å². The number of hydrogen-bond donors (Lipinski definition) is 1. The third-order valence-electron chi connectivity index (χ3n) is 3.33. The molecule has 0 aliphatic carbocycles. The molecule has 0 saturated carbocycles. The summed E-state index contributed by atoms with van der Waals surface area (Å²) in [6.07, 6.45) is -4.81. The SMILES string of the molecule is COc1ccc(OC)c(C(=O)OCC(=O)Nc2ccc(OC(F)(F)F)cc2)c1. The van der Waals surface area contributed by atoms with Crippen LogP contribution in [-0.4, -0.2) is 39.1 Å². The molecule has 0 aromatic heterocycles. The minimum atomic E-state index is -4.81. The summed E-state index contributed by atoms with van der Waals surface area (Å²) in [5.41, 5.74) is 0.276. The molecule has 0 spiro atoms. The van der Waals surface area contributed by atoms with Crippen molar-refractivity contribution in [3.63, 3.8) is 0 Å². The molecule has 0 heterocycles. The molecule has 28 heavy (non-hydrogen) atoms. The number of ether oxygens (including phenoxy) is 4. The fourth-order valence-electron chi connectivity index (χ4n) is 2.12. The first-order valence-electron chi connectivity index (χ1n) is 7.76. The van der Waals surface area contributed by atoms with E-state index in [9.17, 15) is 22.8 Å². The van der Waals surface area contributed by atoms with Crippen molar-refractivity contribution in [2.75, 3.05) is 26.1 Å². The van der Waals surface area contributed by atoms with Crippen LogP contribution in [0.3, 0.4) is 0 Å². The van der Waals surface area contributed by atoms with Gasteiger partial charge in [-0.1, -0.05) is 0 Å². The number of anilines is 1. The summed E-state index contributed by atoms with van der Waals surface area (Å²) in [5, 5.41) is 2.38. The number of rotatable bonds is 7. The Morgan fingerprint density at radius 2 is 1.61 bits per heavy atom. The second-order valence-electron chi connectivity index (χ2n) is 5.26. The van der Waals surface area contributed by atoms with Gasteiger partial charge in [-0.25, -0.2) is 4.79 Å². The zero-order valence-electron chi connectivity index (χ0n) is 14.8. The van der Waals surface area contributed by atoms with Gasteiger partial charge in [0.15, 0.2) is 6.61 Å². The highest BCUT2D eigenvalue weighted by atomic mass is 19.4. The highest BCUT2D eigenvalue weighted by Crippen LogP contribution is 2.25. The summed E-state index contributed by atoms with van der Waals surface area (Å²) in [6, 6.07) is 9.01. The van der Waals surface area contributed by atoms with Gasteiger partial charge in [-0.3, -0.25) is 4.79 Å². The van der Waals surface area contributed by atoms with Crippen LogP contribution in [0.5, 0.6) is 17.2 Å². The molecular weight excluding hydrogens is 383 g/mol. The van der Waals surface area contributed by atoms with E-state index in [4.69, 9.17) is 14.2 Å². The van der Waals surface area contributed by atoms with Gasteiger partial charge in [-0.05, 0) is 42.5 Å². The third kappa shape index (κ3) is 6.08. The summed E-state index contributed by atoms with van der Waals surface area (Å²) in [4.78, 5) is 24.1. The van der Waals surface area contributed by atoms with E-state index in [0.717, 1.165) is 12.1 Å². The molecule has 2 aromatic rings. The van der Waals surface area contributed by atoms with Crippen molar-refractivity contribution >= 4 is 17.6 Å². The zero-order chi connectivity index (χ0) is 20.7. The van der Waals surface area contributed by atoms with Crippen LogP contribution in [0.1, 0.15) is 10.4 Å². The first-order valence-corrected chi connectivity index (χ1v) is 7.76. The normalized spacial score (nSPS) is 10.8. The molecule has 10 heteroatoms. The molecular formula is C18H16F3NO6. The fraction of sp³-hybridized carbons (Fsp3) is 0.222. The lowest BCUT2D eigenvalue weighted by Crippen LogP contribution is -2.21. The van der Waals surface area contributed by atoms with Gasteiger partial charge >= 0.3 is 12.3 Å². The number of methoxy groups -OCH3 is 2. The second kappa shape index (κ2) is 8.98.